The highest BCUT2D eigenvalue weighted by atomic mass is 127. The van der Waals surface area contributed by atoms with E-state index in [0.29, 0.717) is 37.8 Å². The summed E-state index contributed by atoms with van der Waals surface area (Å²) in [5, 5.41) is -0.434. The van der Waals surface area contributed by atoms with E-state index in [-0.39, 0.29) is 12.5 Å². The maximum atomic E-state index is 12.8. The average molecular weight is 769 g/mol. The summed E-state index contributed by atoms with van der Waals surface area (Å²) >= 11 is 8.69. The van der Waals surface area contributed by atoms with Crippen LogP contribution in [-0.4, -0.2) is 59.7 Å². The maximum Gasteiger partial charge on any atom is 0.294 e. The molecular formula is C23H19BrI2N2O5S. The fourth-order valence-corrected chi connectivity index (χ4v) is 6.60. The van der Waals surface area contributed by atoms with Gasteiger partial charge in [0.2, 0.25) is 5.91 Å². The van der Waals surface area contributed by atoms with Gasteiger partial charge in [-0.05, 0) is 98.4 Å². The molecule has 2 aliphatic heterocycles. The van der Waals surface area contributed by atoms with Crippen LogP contribution in [-0.2, 0) is 20.9 Å². The predicted octanol–water partition coefficient (Wildman–Crippen LogP) is 5.13. The second kappa shape index (κ2) is 11.7. The molecule has 0 saturated carbocycles. The Morgan fingerprint density at radius 2 is 1.76 bits per heavy atom. The van der Waals surface area contributed by atoms with Gasteiger partial charge in [-0.2, -0.15) is 0 Å². The highest BCUT2D eigenvalue weighted by Gasteiger charge is 2.37. The van der Waals surface area contributed by atoms with Gasteiger partial charge < -0.3 is 14.4 Å². The van der Waals surface area contributed by atoms with Crippen LogP contribution in [0.2, 0.25) is 0 Å². The van der Waals surface area contributed by atoms with E-state index in [1.165, 1.54) is 0 Å². The van der Waals surface area contributed by atoms with Crippen molar-refractivity contribution in [3.8, 4) is 5.75 Å². The lowest BCUT2D eigenvalue weighted by molar-refractivity contribution is -0.139. The molecule has 2 fully saturated rings. The number of benzene rings is 2. The summed E-state index contributed by atoms with van der Waals surface area (Å²) < 4.78 is 14.1. The molecule has 7 nitrogen and oxygen atoms in total. The molecule has 2 saturated heterocycles. The zero-order valence-electron chi connectivity index (χ0n) is 17.8. The van der Waals surface area contributed by atoms with Crippen LogP contribution in [0.4, 0.5) is 4.79 Å². The quantitative estimate of drug-likeness (QED) is 0.300. The van der Waals surface area contributed by atoms with E-state index in [1.807, 2.05) is 36.4 Å². The summed E-state index contributed by atoms with van der Waals surface area (Å²) in [6.07, 6.45) is 1.69. The van der Waals surface area contributed by atoms with Gasteiger partial charge in [0, 0.05) is 17.6 Å². The third-order valence-electron chi connectivity index (χ3n) is 5.15. The highest BCUT2D eigenvalue weighted by molar-refractivity contribution is 14.1. The smallest absolute Gasteiger partial charge is 0.294 e. The van der Waals surface area contributed by atoms with Crippen LogP contribution in [0.1, 0.15) is 11.1 Å². The Morgan fingerprint density at radius 3 is 2.41 bits per heavy atom. The summed E-state index contributed by atoms with van der Waals surface area (Å²) in [4.78, 5) is 40.7. The predicted molar refractivity (Wildman–Crippen MR) is 150 cm³/mol. The molecule has 0 aromatic heterocycles. The number of thioether (sulfide) groups is 1. The Bertz CT molecular complexity index is 1130. The van der Waals surface area contributed by atoms with Gasteiger partial charge in [-0.15, -0.1) is 0 Å². The summed E-state index contributed by atoms with van der Waals surface area (Å²) in [6.45, 7) is 2.06. The van der Waals surface area contributed by atoms with E-state index in [1.54, 1.807) is 11.0 Å². The normalized spacial score (nSPS) is 17.6. The van der Waals surface area contributed by atoms with Crippen LogP contribution in [0.15, 0.2) is 45.8 Å². The molecule has 0 radical (unpaired) electrons. The molecule has 4 rings (SSSR count). The van der Waals surface area contributed by atoms with E-state index in [4.69, 9.17) is 9.47 Å². The summed E-state index contributed by atoms with van der Waals surface area (Å²) in [5.74, 6) is 0.0749. The summed E-state index contributed by atoms with van der Waals surface area (Å²) in [6, 6.07) is 11.8. The maximum absolute atomic E-state index is 12.8. The first-order valence-electron chi connectivity index (χ1n) is 10.3. The fourth-order valence-electron chi connectivity index (χ4n) is 3.37. The number of hydrogen-bond acceptors (Lipinski definition) is 6. The number of halogens is 3. The second-order valence-electron chi connectivity index (χ2n) is 7.49. The summed E-state index contributed by atoms with van der Waals surface area (Å²) in [7, 11) is 0. The molecule has 0 spiro atoms. The van der Waals surface area contributed by atoms with Gasteiger partial charge in [0.1, 0.15) is 18.9 Å². The van der Waals surface area contributed by atoms with Crippen molar-refractivity contribution < 1.29 is 23.9 Å². The Labute approximate surface area is 237 Å². The minimum atomic E-state index is -0.447. The van der Waals surface area contributed by atoms with Gasteiger partial charge in [-0.1, -0.05) is 28.1 Å². The minimum absolute atomic E-state index is 0.247. The second-order valence-corrected chi connectivity index (χ2v) is 11.7. The van der Waals surface area contributed by atoms with Gasteiger partial charge >= 0.3 is 0 Å². The van der Waals surface area contributed by atoms with Gasteiger partial charge in [0.05, 0.1) is 25.3 Å². The number of imide groups is 1. The van der Waals surface area contributed by atoms with Crippen molar-refractivity contribution in [3.05, 3.63) is 64.0 Å². The van der Waals surface area contributed by atoms with Gasteiger partial charge in [-0.3, -0.25) is 19.3 Å². The molecule has 34 heavy (non-hydrogen) atoms. The molecule has 11 heteroatoms. The van der Waals surface area contributed by atoms with Gasteiger partial charge in [0.15, 0.2) is 0 Å². The van der Waals surface area contributed by atoms with Crippen molar-refractivity contribution in [2.75, 3.05) is 32.8 Å². The van der Waals surface area contributed by atoms with Crippen LogP contribution in [0.3, 0.4) is 0 Å². The van der Waals surface area contributed by atoms with Gasteiger partial charge in [-0.25, -0.2) is 0 Å². The SMILES string of the molecule is O=C(CN1C(=O)S/C(=C/c2cc(I)c(OCc3ccc(Br)cc3)c(I)c2)C1=O)N1CCOCC1. The Morgan fingerprint density at radius 1 is 1.12 bits per heavy atom. The number of nitrogens with zero attached hydrogens (tertiary/aromatic N) is 2. The number of ether oxygens (including phenoxy) is 2. The number of morpholine rings is 1. The van der Waals surface area contributed by atoms with Crippen LogP contribution < -0.4 is 4.74 Å². The molecule has 2 aromatic rings. The first-order valence-corrected chi connectivity index (χ1v) is 14.1. The molecule has 178 valence electrons. The lowest BCUT2D eigenvalue weighted by atomic mass is 10.2. The van der Waals surface area contributed by atoms with Crippen LogP contribution in [0.5, 0.6) is 5.75 Å². The van der Waals surface area contributed by atoms with Crippen molar-refractivity contribution in [3.63, 3.8) is 0 Å². The Kier molecular flexibility index (Phi) is 8.93. The van der Waals surface area contributed by atoms with Crippen LogP contribution >= 0.6 is 72.9 Å². The molecular weight excluding hydrogens is 750 g/mol. The fraction of sp³-hybridized carbons (Fsp3) is 0.261. The van der Waals surface area contributed by atoms with E-state index in [0.717, 1.165) is 45.2 Å². The minimum Gasteiger partial charge on any atom is -0.487 e. The molecule has 3 amide bonds. The van der Waals surface area contributed by atoms with Crippen molar-refractivity contribution in [2.24, 2.45) is 0 Å². The summed E-state index contributed by atoms with van der Waals surface area (Å²) in [5.41, 5.74) is 1.84. The van der Waals surface area contributed by atoms with Crippen molar-refractivity contribution in [1.29, 1.82) is 0 Å². The molecule has 0 aliphatic carbocycles. The molecule has 2 aliphatic rings. The molecule has 2 aromatic carbocycles. The van der Waals surface area contributed by atoms with Crippen LogP contribution in [0.25, 0.3) is 6.08 Å². The van der Waals surface area contributed by atoms with Gasteiger partial charge in [0.25, 0.3) is 11.1 Å². The number of rotatable bonds is 6. The molecule has 2 heterocycles. The van der Waals surface area contributed by atoms with E-state index in [9.17, 15) is 14.4 Å². The zero-order chi connectivity index (χ0) is 24.2. The molecule has 0 bridgehead atoms. The van der Waals surface area contributed by atoms with E-state index >= 15 is 0 Å². The first kappa shape index (κ1) is 25.9. The third-order valence-corrected chi connectivity index (χ3v) is 8.18. The topological polar surface area (TPSA) is 76.2 Å². The lowest BCUT2D eigenvalue weighted by Crippen LogP contribution is -2.46. The third kappa shape index (κ3) is 6.33. The molecule has 0 N–H and O–H groups in total. The largest absolute Gasteiger partial charge is 0.487 e. The van der Waals surface area contributed by atoms with E-state index in [2.05, 4.69) is 61.1 Å². The van der Waals surface area contributed by atoms with Crippen LogP contribution in [0, 0.1) is 7.14 Å². The standard InChI is InChI=1S/C23H19BrI2N2O5S/c24-16-3-1-14(2-4-16)13-33-21-17(25)9-15(10-18(21)26)11-19-22(30)28(23(31)34-19)12-20(29)27-5-7-32-8-6-27/h1-4,9-11H,5-8,12-13H2/b19-11+. The Hall–Kier alpha value is -1.16. The average Bonchev–Trinajstić information content (AvgIpc) is 3.07. The number of hydrogen-bond donors (Lipinski definition) is 0. The van der Waals surface area contributed by atoms with Crippen molar-refractivity contribution in [1.82, 2.24) is 9.80 Å². The van der Waals surface area contributed by atoms with Crippen molar-refractivity contribution >= 4 is 96.0 Å². The lowest BCUT2D eigenvalue weighted by Gasteiger charge is -2.28. The Balaban J connectivity index is 1.44. The van der Waals surface area contributed by atoms with E-state index < -0.39 is 11.1 Å². The number of carbonyl (C=O) groups excluding carboxylic acids is 3. The highest BCUT2D eigenvalue weighted by Crippen LogP contribution is 2.35. The monoisotopic (exact) mass is 768 g/mol. The first-order chi connectivity index (χ1) is 16.3. The molecule has 0 unspecified atom stereocenters. The van der Waals surface area contributed by atoms with Crippen molar-refractivity contribution in [2.45, 2.75) is 6.61 Å². The number of carbonyl (C=O) groups is 3. The molecule has 0 atom stereocenters. The number of amides is 3. The zero-order valence-corrected chi connectivity index (χ0v) is 24.5.